The second-order valence-electron chi connectivity index (χ2n) is 7.12. The molecule has 4 N–H and O–H groups in total. The molecule has 0 radical (unpaired) electrons. The maximum absolute atomic E-state index is 12.6. The zero-order chi connectivity index (χ0) is 21.8. The van der Waals surface area contributed by atoms with Crippen LogP contribution >= 0.6 is 0 Å². The number of ether oxygens (including phenoxy) is 1. The molecule has 0 aliphatic carbocycles. The second kappa shape index (κ2) is 9.07. The number of carboxylic acids is 1. The number of aromatic carboxylic acids is 1. The maximum Gasteiger partial charge on any atom is 0.522 e. The highest BCUT2D eigenvalue weighted by atomic mass is 16.5. The third-order valence-electron chi connectivity index (χ3n) is 5.02. The van der Waals surface area contributed by atoms with Crippen LogP contribution in [0.3, 0.4) is 0 Å². The van der Waals surface area contributed by atoms with E-state index in [-0.39, 0.29) is 42.2 Å². The third kappa shape index (κ3) is 4.35. The number of likely N-dealkylation sites (tertiary alicyclic amines) is 1. The molecule has 9 heteroatoms. The van der Waals surface area contributed by atoms with E-state index in [0.29, 0.717) is 23.9 Å². The van der Waals surface area contributed by atoms with Gasteiger partial charge in [0.15, 0.2) is 0 Å². The van der Waals surface area contributed by atoms with E-state index in [1.807, 2.05) is 0 Å². The molecule has 8 nitrogen and oxygen atoms in total. The molecule has 1 aromatic rings. The number of nitrogens with zero attached hydrogens (tertiary/aromatic N) is 1. The van der Waals surface area contributed by atoms with E-state index in [1.165, 1.54) is 11.0 Å². The van der Waals surface area contributed by atoms with Crippen LogP contribution < -0.4 is 15.1 Å². The maximum atomic E-state index is 12.6. The van der Waals surface area contributed by atoms with Crippen molar-refractivity contribution in [1.29, 1.82) is 0 Å². The normalized spacial score (nSPS) is 17.6. The molecule has 2 aliphatic rings. The lowest BCUT2D eigenvalue weighted by Gasteiger charge is -2.40. The van der Waals surface area contributed by atoms with Gasteiger partial charge in [0.2, 0.25) is 5.91 Å². The quantitative estimate of drug-likeness (QED) is 0.361. The van der Waals surface area contributed by atoms with Crippen molar-refractivity contribution in [3.8, 4) is 23.8 Å². The van der Waals surface area contributed by atoms with Gasteiger partial charge in [0.1, 0.15) is 29.2 Å². The van der Waals surface area contributed by atoms with Crippen LogP contribution in [-0.4, -0.2) is 59.3 Å². The fourth-order valence-electron chi connectivity index (χ4n) is 3.46. The topological polar surface area (TPSA) is 122 Å². The number of carbonyl (C=O) groups excluding carboxylic acids is 1. The first-order valence-electron chi connectivity index (χ1n) is 9.59. The summed E-state index contributed by atoms with van der Waals surface area (Å²) in [7, 11) is -1.05. The summed E-state index contributed by atoms with van der Waals surface area (Å²) in [6.45, 7) is 2.34. The predicted octanol–water partition coefficient (Wildman–Crippen LogP) is 0.853. The molecule has 156 valence electrons. The molecule has 0 saturated carbocycles. The van der Waals surface area contributed by atoms with Gasteiger partial charge < -0.3 is 30.2 Å². The highest BCUT2D eigenvalue weighted by molar-refractivity contribution is 6.44. The first kappa shape index (κ1) is 21.5. The number of hydrogen-bond donors (Lipinski definition) is 3. The minimum atomic E-state index is -1.21. The fourth-order valence-corrected chi connectivity index (χ4v) is 3.46. The number of rotatable bonds is 6. The summed E-state index contributed by atoms with van der Waals surface area (Å²) < 4.78 is 11.2. The summed E-state index contributed by atoms with van der Waals surface area (Å²) in [5, 5.41) is 19.4. The van der Waals surface area contributed by atoms with Crippen molar-refractivity contribution in [1.82, 2.24) is 4.90 Å². The molecule has 0 bridgehead atoms. The van der Waals surface area contributed by atoms with Crippen molar-refractivity contribution in [2.75, 3.05) is 13.1 Å². The van der Waals surface area contributed by atoms with Crippen LogP contribution in [0.5, 0.6) is 11.5 Å². The van der Waals surface area contributed by atoms with E-state index in [2.05, 4.69) is 5.92 Å². The number of amides is 1. The molecule has 2 heterocycles. The molecule has 1 saturated heterocycles. The van der Waals surface area contributed by atoms with E-state index < -0.39 is 19.1 Å². The van der Waals surface area contributed by atoms with E-state index >= 15 is 0 Å². The highest BCUT2D eigenvalue weighted by Gasteiger charge is 2.37. The molecule has 0 aromatic heterocycles. The predicted molar refractivity (Wildman–Crippen MR) is 111 cm³/mol. The zero-order valence-electron chi connectivity index (χ0n) is 16.6. The summed E-state index contributed by atoms with van der Waals surface area (Å²) in [5.41, 5.74) is 7.15. The number of nitrogens with two attached hydrogens (primary N) is 1. The highest BCUT2D eigenvalue weighted by Crippen LogP contribution is 2.37. The molecule has 1 fully saturated rings. The lowest BCUT2D eigenvalue weighted by atomic mass is 9.78. The van der Waals surface area contributed by atoms with E-state index in [1.54, 1.807) is 31.2 Å². The number of hydrogen-bond acceptors (Lipinski definition) is 6. The van der Waals surface area contributed by atoms with Crippen molar-refractivity contribution in [3.63, 3.8) is 0 Å². The third-order valence-corrected chi connectivity index (χ3v) is 5.02. The molecular formula is C21H23BN2O6. The summed E-state index contributed by atoms with van der Waals surface area (Å²) >= 11 is 0. The Morgan fingerprint density at radius 1 is 1.47 bits per heavy atom. The molecule has 1 atom stereocenters. The van der Waals surface area contributed by atoms with E-state index in [4.69, 9.17) is 21.5 Å². The monoisotopic (exact) mass is 410 g/mol. The first-order chi connectivity index (χ1) is 14.3. The summed E-state index contributed by atoms with van der Waals surface area (Å²) in [5.74, 6) is 1.15. The molecule has 2 aliphatic heterocycles. The van der Waals surface area contributed by atoms with Gasteiger partial charge in [-0.2, -0.15) is 0 Å². The van der Waals surface area contributed by atoms with Gasteiger partial charge in [0.25, 0.3) is 0 Å². The first-order valence-corrected chi connectivity index (χ1v) is 9.59. The molecule has 0 unspecified atom stereocenters. The minimum Gasteiger partial charge on any atom is -0.535 e. The van der Waals surface area contributed by atoms with Crippen molar-refractivity contribution in [2.24, 2.45) is 5.73 Å². The Bertz CT molecular complexity index is 946. The Hall–Kier alpha value is -3.22. The average Bonchev–Trinajstić information content (AvgIpc) is 2.68. The van der Waals surface area contributed by atoms with Crippen LogP contribution in [0.2, 0.25) is 6.32 Å². The van der Waals surface area contributed by atoms with Gasteiger partial charge in [-0.05, 0) is 42.9 Å². The molecule has 30 heavy (non-hydrogen) atoms. The molecule has 0 spiro atoms. The molecule has 1 aromatic carbocycles. The zero-order valence-corrected chi connectivity index (χ0v) is 16.6. The number of terminal acetylenes is 1. The Morgan fingerprint density at radius 3 is 2.83 bits per heavy atom. The van der Waals surface area contributed by atoms with Gasteiger partial charge in [-0.15, -0.1) is 6.42 Å². The molecule has 3 rings (SSSR count). The molecule has 1 amide bonds. The van der Waals surface area contributed by atoms with Gasteiger partial charge in [-0.1, -0.05) is 24.1 Å². The number of allylic oxidation sites excluding steroid dienone is 2. The number of aryl methyl sites for hydroxylation is 1. The van der Waals surface area contributed by atoms with Crippen molar-refractivity contribution >= 4 is 19.0 Å². The number of carboxylic acid groups (broad SMARTS) is 1. The summed E-state index contributed by atoms with van der Waals surface area (Å²) in [6, 6.07) is 2.43. The number of carbonyl (C=O) groups is 2. The average molecular weight is 410 g/mol. The lowest BCUT2D eigenvalue weighted by Crippen LogP contribution is -2.60. The Morgan fingerprint density at radius 2 is 2.20 bits per heavy atom. The SMILES string of the molecule is C#C/C=C(\C=C/C)[C@H](N)C(=O)N1CC(Oc2ccc3c(c2C(=O)O)OB(O)CC3)C1. The van der Waals surface area contributed by atoms with Crippen LogP contribution in [0.25, 0.3) is 0 Å². The summed E-state index contributed by atoms with van der Waals surface area (Å²) in [4.78, 5) is 25.9. The fraction of sp³-hybridized carbons (Fsp3) is 0.333. The lowest BCUT2D eigenvalue weighted by molar-refractivity contribution is -0.140. The Balaban J connectivity index is 1.69. The molecular weight excluding hydrogens is 387 g/mol. The van der Waals surface area contributed by atoms with Crippen molar-refractivity contribution in [2.45, 2.75) is 31.8 Å². The van der Waals surface area contributed by atoms with Crippen molar-refractivity contribution in [3.05, 3.63) is 47.1 Å². The van der Waals surface area contributed by atoms with Gasteiger partial charge in [0, 0.05) is 0 Å². The number of fused-ring (bicyclic) bond motifs is 1. The second-order valence-corrected chi connectivity index (χ2v) is 7.12. The largest absolute Gasteiger partial charge is 0.535 e. The van der Waals surface area contributed by atoms with Gasteiger partial charge in [-0.3, -0.25) is 4.79 Å². The van der Waals surface area contributed by atoms with Crippen LogP contribution in [0.1, 0.15) is 22.8 Å². The van der Waals surface area contributed by atoms with Gasteiger partial charge in [-0.25, -0.2) is 4.79 Å². The van der Waals surface area contributed by atoms with Crippen LogP contribution in [0.4, 0.5) is 0 Å². The van der Waals surface area contributed by atoms with Gasteiger partial charge in [0.05, 0.1) is 13.1 Å². The van der Waals surface area contributed by atoms with E-state index in [0.717, 1.165) is 0 Å². The summed E-state index contributed by atoms with van der Waals surface area (Å²) in [6.07, 6.45) is 10.7. The van der Waals surface area contributed by atoms with Crippen LogP contribution in [0, 0.1) is 12.3 Å². The van der Waals surface area contributed by atoms with Crippen LogP contribution in [0.15, 0.2) is 35.9 Å². The van der Waals surface area contributed by atoms with Gasteiger partial charge >= 0.3 is 13.1 Å². The Kier molecular flexibility index (Phi) is 6.50. The Labute approximate surface area is 175 Å². The minimum absolute atomic E-state index is 0.125. The van der Waals surface area contributed by atoms with Crippen molar-refractivity contribution < 1.29 is 29.1 Å². The number of benzene rings is 1. The van der Waals surface area contributed by atoms with E-state index in [9.17, 15) is 19.7 Å². The van der Waals surface area contributed by atoms with Crippen LogP contribution in [-0.2, 0) is 11.2 Å². The standard InChI is InChI=1S/C21H23BN2O6/c1-3-5-13(6-4-2)18(23)20(25)24-11-15(12-24)29-16-8-7-14-9-10-22(28)30-19(14)17(16)21(26)27/h1,4-8,15,18,28H,9-12,23H2,2H3,(H,26,27)/b6-4-,13-5+/t18-/m0/s1. The smallest absolute Gasteiger partial charge is 0.522 e.